The van der Waals surface area contributed by atoms with Gasteiger partial charge in [0.2, 0.25) is 5.78 Å². The molecule has 0 saturated heterocycles. The average Bonchev–Trinajstić information content (AvgIpc) is 3.78. The number of fused-ring (bicyclic) bond motifs is 5. The van der Waals surface area contributed by atoms with Gasteiger partial charge in [0.1, 0.15) is 0 Å². The van der Waals surface area contributed by atoms with E-state index in [1.807, 2.05) is 71.5 Å². The van der Waals surface area contributed by atoms with E-state index in [2.05, 4.69) is 97.5 Å². The quantitative estimate of drug-likeness (QED) is 0.123. The van der Waals surface area contributed by atoms with E-state index in [-0.39, 0.29) is 20.4 Å². The fraction of sp³-hybridized carbons (Fsp3) is 0.150. The van der Waals surface area contributed by atoms with E-state index in [1.165, 1.54) is 16.7 Å². The summed E-state index contributed by atoms with van der Waals surface area (Å²) in [4.78, 5) is 4.99. The second kappa shape index (κ2) is 12.3. The van der Waals surface area contributed by atoms with Crippen LogP contribution in [0.25, 0.3) is 50.3 Å². The maximum Gasteiger partial charge on any atom is 2.00 e. The van der Waals surface area contributed by atoms with Crippen LogP contribution in [0.2, 0.25) is 0 Å². The van der Waals surface area contributed by atoms with Crippen LogP contribution in [0.5, 0.6) is 11.5 Å². The van der Waals surface area contributed by atoms with Crippen LogP contribution in [0.15, 0.2) is 116 Å². The van der Waals surface area contributed by atoms with Gasteiger partial charge in [0, 0.05) is 23.3 Å². The normalized spacial score (nSPS) is 11.6. The molecule has 0 fully saturated rings. The molecule has 0 bridgehead atoms. The van der Waals surface area contributed by atoms with Crippen molar-refractivity contribution in [2.45, 2.75) is 39.5 Å². The van der Waals surface area contributed by atoms with Crippen molar-refractivity contribution in [3.63, 3.8) is 0 Å². The number of hydrogen-bond acceptors (Lipinski definition) is 3. The van der Waals surface area contributed by atoms with E-state index in [4.69, 9.17) is 14.8 Å². The van der Waals surface area contributed by atoms with E-state index in [0.29, 0.717) is 23.3 Å². The SMILES string of the molecule is CC(C)c1cccc(C(C)C)c1-c1cnn(-c2[c-]c(Oc3[c-]c(-n4c5ccccc5n5c6ccccc6nc45)ccc3)ccc2)c1.[Pd+2]. The molecule has 0 unspecified atom stereocenters. The molecule has 8 aromatic rings. The minimum absolute atomic E-state index is 0. The number of rotatable bonds is 7. The topological polar surface area (TPSA) is 49.3 Å². The van der Waals surface area contributed by atoms with Crippen LogP contribution in [0.4, 0.5) is 0 Å². The van der Waals surface area contributed by atoms with Gasteiger partial charge in [-0.2, -0.15) is 17.2 Å². The first-order chi connectivity index (χ1) is 22.5. The van der Waals surface area contributed by atoms with E-state index in [1.54, 1.807) is 0 Å². The Morgan fingerprint density at radius 3 is 1.94 bits per heavy atom. The van der Waals surface area contributed by atoms with E-state index in [9.17, 15) is 0 Å². The van der Waals surface area contributed by atoms with Crippen LogP contribution in [-0.2, 0) is 20.4 Å². The first kappa shape index (κ1) is 30.7. The second-order valence-corrected chi connectivity index (χ2v) is 12.3. The van der Waals surface area contributed by atoms with Crippen LogP contribution >= 0.6 is 0 Å². The third-order valence-corrected chi connectivity index (χ3v) is 8.56. The summed E-state index contributed by atoms with van der Waals surface area (Å²) in [5, 5.41) is 4.75. The molecular weight excluding hydrogens is 673 g/mol. The molecule has 0 spiro atoms. The summed E-state index contributed by atoms with van der Waals surface area (Å²) in [6.07, 6.45) is 4.04. The maximum atomic E-state index is 6.36. The monoisotopic (exact) mass is 705 g/mol. The molecule has 0 radical (unpaired) electrons. The fourth-order valence-corrected chi connectivity index (χ4v) is 6.43. The zero-order chi connectivity index (χ0) is 31.4. The molecule has 0 amide bonds. The number of aromatic nitrogens is 5. The Labute approximate surface area is 287 Å². The summed E-state index contributed by atoms with van der Waals surface area (Å²) in [6.45, 7) is 8.97. The van der Waals surface area contributed by atoms with Crippen molar-refractivity contribution in [2.24, 2.45) is 0 Å². The Morgan fingerprint density at radius 2 is 1.23 bits per heavy atom. The minimum Gasteiger partial charge on any atom is -0.509 e. The van der Waals surface area contributed by atoms with Crippen molar-refractivity contribution in [3.8, 4) is 34.0 Å². The van der Waals surface area contributed by atoms with Gasteiger partial charge in [0.05, 0.1) is 28.3 Å². The van der Waals surface area contributed by atoms with Gasteiger partial charge in [0.25, 0.3) is 0 Å². The van der Waals surface area contributed by atoms with Crippen molar-refractivity contribution in [2.75, 3.05) is 0 Å². The standard InChI is InChI=1S/C40H33N5O.Pd/c1-26(2)33-16-11-17-34(27(3)4)39(33)28-24-41-43(25-28)29-12-9-14-31(22-29)46-32-15-10-13-30(23-32)44-37-20-7-8-21-38(37)45-36-19-6-5-18-35(36)42-40(44)45;/h5-21,24-27H,1-4H3;/q-2;+2. The van der Waals surface area contributed by atoms with Gasteiger partial charge < -0.3 is 9.30 Å². The minimum atomic E-state index is 0. The third-order valence-electron chi connectivity index (χ3n) is 8.56. The summed E-state index contributed by atoms with van der Waals surface area (Å²) in [5.74, 6) is 2.81. The molecule has 0 aliphatic rings. The fourth-order valence-electron chi connectivity index (χ4n) is 6.43. The van der Waals surface area contributed by atoms with Gasteiger partial charge in [-0.1, -0.05) is 75.8 Å². The van der Waals surface area contributed by atoms with Crippen molar-refractivity contribution >= 4 is 27.8 Å². The molecule has 0 aliphatic carbocycles. The summed E-state index contributed by atoms with van der Waals surface area (Å²) in [6, 6.07) is 41.9. The Morgan fingerprint density at radius 1 is 0.638 bits per heavy atom. The molecule has 7 heteroatoms. The van der Waals surface area contributed by atoms with Crippen LogP contribution in [0.1, 0.15) is 50.7 Å². The van der Waals surface area contributed by atoms with Crippen LogP contribution in [0, 0.1) is 12.1 Å². The maximum absolute atomic E-state index is 6.36. The number of ether oxygens (including phenoxy) is 1. The second-order valence-electron chi connectivity index (χ2n) is 12.3. The number of para-hydroxylation sites is 4. The average molecular weight is 706 g/mol. The van der Waals surface area contributed by atoms with E-state index in [0.717, 1.165) is 44.8 Å². The predicted octanol–water partition coefficient (Wildman–Crippen LogP) is 9.92. The zero-order valence-corrected chi connectivity index (χ0v) is 28.1. The van der Waals surface area contributed by atoms with Crippen molar-refractivity contribution < 1.29 is 25.2 Å². The Balaban J connectivity index is 0.00000351. The van der Waals surface area contributed by atoms with Gasteiger partial charge in [-0.05, 0) is 58.5 Å². The van der Waals surface area contributed by atoms with Crippen LogP contribution in [-0.4, -0.2) is 23.7 Å². The molecule has 0 saturated carbocycles. The van der Waals surface area contributed by atoms with Crippen molar-refractivity contribution in [3.05, 3.63) is 139 Å². The van der Waals surface area contributed by atoms with Crippen LogP contribution in [0.3, 0.4) is 0 Å². The van der Waals surface area contributed by atoms with Gasteiger partial charge in [-0.3, -0.25) is 9.08 Å². The molecule has 3 aromatic heterocycles. The number of nitrogens with zero attached hydrogens (tertiary/aromatic N) is 5. The third kappa shape index (κ3) is 5.36. The molecular formula is C40H33N5OPd. The largest absolute Gasteiger partial charge is 2.00 e. The molecule has 0 atom stereocenters. The van der Waals surface area contributed by atoms with E-state index < -0.39 is 0 Å². The molecule has 5 aromatic carbocycles. The van der Waals surface area contributed by atoms with Crippen molar-refractivity contribution in [1.29, 1.82) is 0 Å². The molecule has 8 rings (SSSR count). The molecule has 6 nitrogen and oxygen atoms in total. The van der Waals surface area contributed by atoms with Gasteiger partial charge >= 0.3 is 20.4 Å². The first-order valence-electron chi connectivity index (χ1n) is 15.7. The molecule has 47 heavy (non-hydrogen) atoms. The molecule has 234 valence electrons. The van der Waals surface area contributed by atoms with Crippen molar-refractivity contribution in [1.82, 2.24) is 23.7 Å². The Bertz CT molecular complexity index is 2350. The van der Waals surface area contributed by atoms with Crippen LogP contribution < -0.4 is 4.74 Å². The van der Waals surface area contributed by atoms with Gasteiger partial charge in [-0.15, -0.1) is 36.4 Å². The predicted molar refractivity (Wildman–Crippen MR) is 184 cm³/mol. The smallest absolute Gasteiger partial charge is 0.509 e. The zero-order valence-electron chi connectivity index (χ0n) is 26.6. The van der Waals surface area contributed by atoms with E-state index >= 15 is 0 Å². The summed E-state index contributed by atoms with van der Waals surface area (Å²) >= 11 is 0. The Hall–Kier alpha value is -4.96. The number of imidazole rings is 2. The summed E-state index contributed by atoms with van der Waals surface area (Å²) in [7, 11) is 0. The van der Waals surface area contributed by atoms with Gasteiger partial charge in [0.15, 0.2) is 0 Å². The summed E-state index contributed by atoms with van der Waals surface area (Å²) < 4.78 is 12.6. The molecule has 0 aliphatic heterocycles. The van der Waals surface area contributed by atoms with Gasteiger partial charge in [-0.25, -0.2) is 4.98 Å². The molecule has 0 N–H and O–H groups in total. The Kier molecular flexibility index (Phi) is 8.05. The number of hydrogen-bond donors (Lipinski definition) is 0. The summed E-state index contributed by atoms with van der Waals surface area (Å²) in [5.41, 5.74) is 10.8. The first-order valence-corrected chi connectivity index (χ1v) is 15.7. The molecule has 3 heterocycles. The number of benzene rings is 5.